The first-order valence-electron chi connectivity index (χ1n) is 5.17. The first-order chi connectivity index (χ1) is 7.84. The molecule has 1 aliphatic rings. The number of nitrogens with one attached hydrogen (secondary N) is 1. The van der Waals surface area contributed by atoms with Crippen molar-refractivity contribution in [1.82, 2.24) is 9.97 Å². The van der Waals surface area contributed by atoms with Crippen LogP contribution in [0.3, 0.4) is 0 Å². The van der Waals surface area contributed by atoms with Gasteiger partial charge in [-0.3, -0.25) is 0 Å². The fourth-order valence-electron chi connectivity index (χ4n) is 2.09. The lowest BCUT2D eigenvalue weighted by Crippen LogP contribution is -2.08. The number of fused-ring (bicyclic) bond motifs is 1. The fraction of sp³-hybridized carbons (Fsp3) is 0.364. The molecule has 0 amide bonds. The molecule has 0 saturated heterocycles. The van der Waals surface area contributed by atoms with E-state index >= 15 is 0 Å². The minimum absolute atomic E-state index is 0.141. The van der Waals surface area contributed by atoms with E-state index in [1.54, 1.807) is 6.26 Å². The Hall–Kier alpha value is -1.07. The average molecular weight is 283 g/mol. The molecular weight excluding hydrogens is 272 g/mol. The topological polar surface area (TPSA) is 51.0 Å². The van der Waals surface area contributed by atoms with Crippen LogP contribution in [0.25, 0.3) is 0 Å². The summed E-state index contributed by atoms with van der Waals surface area (Å²) in [4.78, 5) is 7.54. The Morgan fingerprint density at radius 1 is 1.50 bits per heavy atom. The molecule has 3 heterocycles. The molecule has 1 aliphatic heterocycles. The van der Waals surface area contributed by atoms with Crippen molar-refractivity contribution in [3.8, 4) is 0 Å². The smallest absolute Gasteiger partial charge is 0.180 e. The summed E-state index contributed by atoms with van der Waals surface area (Å²) in [5.41, 5.74) is 3.38. The van der Waals surface area contributed by atoms with Crippen molar-refractivity contribution in [2.75, 3.05) is 13.2 Å². The van der Waals surface area contributed by atoms with Gasteiger partial charge in [-0.15, -0.1) is 0 Å². The zero-order valence-electron chi connectivity index (χ0n) is 8.57. The molecule has 0 radical (unpaired) electrons. The van der Waals surface area contributed by atoms with Crippen LogP contribution in [0, 0.1) is 0 Å². The van der Waals surface area contributed by atoms with Crippen LogP contribution in [-0.4, -0.2) is 23.2 Å². The summed E-state index contributed by atoms with van der Waals surface area (Å²) in [6.45, 7) is 1.40. The number of H-pyrrole nitrogens is 1. The van der Waals surface area contributed by atoms with Gasteiger partial charge in [0.2, 0.25) is 0 Å². The number of oxazole rings is 1. The van der Waals surface area contributed by atoms with Crippen LogP contribution < -0.4 is 0 Å². The van der Waals surface area contributed by atoms with Crippen molar-refractivity contribution in [2.45, 2.75) is 12.3 Å². The van der Waals surface area contributed by atoms with E-state index in [9.17, 15) is 0 Å². The van der Waals surface area contributed by atoms with Crippen LogP contribution in [0.1, 0.15) is 22.9 Å². The second-order valence-corrected chi connectivity index (χ2v) is 4.70. The van der Waals surface area contributed by atoms with Gasteiger partial charge in [0, 0.05) is 5.69 Å². The van der Waals surface area contributed by atoms with E-state index in [2.05, 4.69) is 32.0 Å². The number of ether oxygens (including phenoxy) is 1. The number of aromatic amines is 1. The molecule has 5 heteroatoms. The lowest BCUT2D eigenvalue weighted by Gasteiger charge is -2.11. The van der Waals surface area contributed by atoms with Crippen LogP contribution in [-0.2, 0) is 11.2 Å². The Balaban J connectivity index is 2.05. The summed E-state index contributed by atoms with van der Waals surface area (Å²) >= 11 is 3.47. The second-order valence-electron chi connectivity index (χ2n) is 3.85. The highest BCUT2D eigenvalue weighted by atomic mass is 79.9. The Labute approximate surface area is 101 Å². The monoisotopic (exact) mass is 282 g/mol. The number of hydrogen-bond donors (Lipinski definition) is 1. The van der Waals surface area contributed by atoms with Gasteiger partial charge in [-0.25, -0.2) is 4.98 Å². The van der Waals surface area contributed by atoms with Gasteiger partial charge in [0.1, 0.15) is 6.26 Å². The van der Waals surface area contributed by atoms with Crippen molar-refractivity contribution in [1.29, 1.82) is 0 Å². The van der Waals surface area contributed by atoms with Crippen LogP contribution in [0.4, 0.5) is 0 Å². The molecule has 1 atom stereocenters. The molecule has 0 fully saturated rings. The lowest BCUT2D eigenvalue weighted by molar-refractivity contribution is 0.135. The standard InChI is InChI=1S/C11H11BrN2O2/c12-10-3-7-1-2-15-4-8(11(7)14-10)9-5-16-6-13-9/h3,5-6,8,14H,1-2,4H2. The summed E-state index contributed by atoms with van der Waals surface area (Å²) < 4.78 is 11.6. The maximum absolute atomic E-state index is 5.59. The maximum atomic E-state index is 5.59. The number of nitrogens with zero attached hydrogens (tertiary/aromatic N) is 1. The summed E-state index contributed by atoms with van der Waals surface area (Å²) in [6, 6.07) is 2.11. The molecule has 0 aliphatic carbocycles. The third-order valence-corrected chi connectivity index (χ3v) is 3.29. The van der Waals surface area contributed by atoms with Crippen molar-refractivity contribution >= 4 is 15.9 Å². The van der Waals surface area contributed by atoms with Crippen molar-refractivity contribution in [3.63, 3.8) is 0 Å². The first kappa shape index (κ1) is 10.1. The van der Waals surface area contributed by atoms with E-state index in [1.165, 1.54) is 17.7 Å². The molecule has 1 unspecified atom stereocenters. The minimum Gasteiger partial charge on any atom is -0.451 e. The summed E-state index contributed by atoms with van der Waals surface area (Å²) in [5, 5.41) is 0. The summed E-state index contributed by atoms with van der Waals surface area (Å²) in [5.74, 6) is 0.141. The SMILES string of the molecule is Brc1cc2c([nH]1)C(c1cocn1)COCC2. The summed E-state index contributed by atoms with van der Waals surface area (Å²) in [7, 11) is 0. The molecule has 2 aromatic rings. The zero-order valence-corrected chi connectivity index (χ0v) is 10.2. The van der Waals surface area contributed by atoms with Gasteiger partial charge >= 0.3 is 0 Å². The van der Waals surface area contributed by atoms with E-state index in [4.69, 9.17) is 9.15 Å². The molecule has 4 nitrogen and oxygen atoms in total. The van der Waals surface area contributed by atoms with E-state index < -0.39 is 0 Å². The number of hydrogen-bond acceptors (Lipinski definition) is 3. The predicted octanol–water partition coefficient (Wildman–Crippen LogP) is 2.47. The maximum Gasteiger partial charge on any atom is 0.180 e. The molecule has 0 bridgehead atoms. The number of rotatable bonds is 1. The Kier molecular flexibility index (Phi) is 2.57. The Bertz CT molecular complexity index is 478. The third kappa shape index (κ3) is 1.70. The van der Waals surface area contributed by atoms with Gasteiger partial charge in [-0.1, -0.05) is 0 Å². The summed E-state index contributed by atoms with van der Waals surface area (Å²) in [6.07, 6.45) is 4.07. The van der Waals surface area contributed by atoms with Gasteiger partial charge in [-0.2, -0.15) is 0 Å². The minimum atomic E-state index is 0.141. The molecular formula is C11H11BrN2O2. The van der Waals surface area contributed by atoms with Gasteiger partial charge in [0.25, 0.3) is 0 Å². The van der Waals surface area contributed by atoms with E-state index in [0.717, 1.165) is 23.3 Å². The average Bonchev–Trinajstić information content (AvgIpc) is 2.86. The molecule has 3 rings (SSSR count). The third-order valence-electron chi connectivity index (χ3n) is 2.86. The fourth-order valence-corrected chi connectivity index (χ4v) is 2.58. The first-order valence-corrected chi connectivity index (χ1v) is 5.97. The largest absolute Gasteiger partial charge is 0.451 e. The quantitative estimate of drug-likeness (QED) is 0.874. The molecule has 0 spiro atoms. The molecule has 84 valence electrons. The molecule has 0 aromatic carbocycles. The van der Waals surface area contributed by atoms with Crippen LogP contribution in [0.5, 0.6) is 0 Å². The zero-order chi connectivity index (χ0) is 11.0. The van der Waals surface area contributed by atoms with E-state index in [1.807, 2.05) is 0 Å². The van der Waals surface area contributed by atoms with E-state index in [-0.39, 0.29) is 5.92 Å². The van der Waals surface area contributed by atoms with Gasteiger partial charge < -0.3 is 14.1 Å². The molecule has 0 saturated carbocycles. The number of aromatic nitrogens is 2. The van der Waals surface area contributed by atoms with Crippen LogP contribution in [0.2, 0.25) is 0 Å². The second kappa shape index (κ2) is 4.07. The van der Waals surface area contributed by atoms with Crippen molar-refractivity contribution < 1.29 is 9.15 Å². The molecule has 1 N–H and O–H groups in total. The Morgan fingerprint density at radius 3 is 3.25 bits per heavy atom. The van der Waals surface area contributed by atoms with Gasteiger partial charge in [0.05, 0.1) is 29.4 Å². The molecule has 16 heavy (non-hydrogen) atoms. The molecule has 2 aromatic heterocycles. The highest BCUT2D eigenvalue weighted by Gasteiger charge is 2.24. The highest BCUT2D eigenvalue weighted by Crippen LogP contribution is 2.30. The van der Waals surface area contributed by atoms with Crippen molar-refractivity contribution in [3.05, 3.63) is 40.3 Å². The van der Waals surface area contributed by atoms with Gasteiger partial charge in [0.15, 0.2) is 6.39 Å². The van der Waals surface area contributed by atoms with Crippen LogP contribution >= 0.6 is 15.9 Å². The Morgan fingerprint density at radius 2 is 2.44 bits per heavy atom. The van der Waals surface area contributed by atoms with E-state index in [0.29, 0.717) is 6.61 Å². The highest BCUT2D eigenvalue weighted by molar-refractivity contribution is 9.10. The predicted molar refractivity (Wildman–Crippen MR) is 61.4 cm³/mol. The normalized spacial score (nSPS) is 20.4. The van der Waals surface area contributed by atoms with Crippen LogP contribution in [0.15, 0.2) is 27.7 Å². The van der Waals surface area contributed by atoms with Crippen molar-refractivity contribution in [2.24, 2.45) is 0 Å². The number of halogens is 1. The lowest BCUT2D eigenvalue weighted by atomic mass is 10.00. The van der Waals surface area contributed by atoms with Gasteiger partial charge in [-0.05, 0) is 34.0 Å².